The van der Waals surface area contributed by atoms with E-state index in [0.29, 0.717) is 48.8 Å². The molecule has 1 amide bonds. The Balaban J connectivity index is 1.42. The highest BCUT2D eigenvalue weighted by atomic mass is 16.6. The first-order chi connectivity index (χ1) is 16.4. The SMILES string of the molecule is COc1ccc(NC(=O)[C@@H](C)N2CCN(c3ccc([N+](=O)[O-])c4cnccc34)CC2)cc1OC. The van der Waals surface area contributed by atoms with Gasteiger partial charge in [0.25, 0.3) is 5.69 Å². The summed E-state index contributed by atoms with van der Waals surface area (Å²) in [6, 6.07) is 10.1. The number of nitro groups is 1. The molecule has 1 N–H and O–H groups in total. The first-order valence-corrected chi connectivity index (χ1v) is 11.0. The van der Waals surface area contributed by atoms with Crippen molar-refractivity contribution in [1.82, 2.24) is 9.88 Å². The van der Waals surface area contributed by atoms with Crippen molar-refractivity contribution in [3.63, 3.8) is 0 Å². The number of benzene rings is 2. The number of pyridine rings is 1. The maximum Gasteiger partial charge on any atom is 0.278 e. The van der Waals surface area contributed by atoms with Gasteiger partial charge in [0, 0.05) is 67.5 Å². The maximum absolute atomic E-state index is 12.9. The normalized spacial score (nSPS) is 15.1. The minimum absolute atomic E-state index is 0.0472. The highest BCUT2D eigenvalue weighted by Crippen LogP contribution is 2.34. The number of carbonyl (C=O) groups excluding carboxylic acids is 1. The van der Waals surface area contributed by atoms with Gasteiger partial charge >= 0.3 is 0 Å². The number of hydrogen-bond donors (Lipinski definition) is 1. The van der Waals surface area contributed by atoms with Gasteiger partial charge in [0.15, 0.2) is 11.5 Å². The molecular weight excluding hydrogens is 438 g/mol. The van der Waals surface area contributed by atoms with Crippen molar-refractivity contribution in [3.8, 4) is 11.5 Å². The lowest BCUT2D eigenvalue weighted by molar-refractivity contribution is -0.383. The molecule has 4 rings (SSSR count). The number of non-ortho nitro benzene ring substituents is 1. The summed E-state index contributed by atoms with van der Waals surface area (Å²) in [6.07, 6.45) is 3.18. The van der Waals surface area contributed by atoms with Gasteiger partial charge in [0.2, 0.25) is 5.91 Å². The van der Waals surface area contributed by atoms with Gasteiger partial charge < -0.3 is 19.7 Å². The summed E-state index contributed by atoms with van der Waals surface area (Å²) in [5, 5.41) is 15.7. The Kier molecular flexibility index (Phi) is 6.78. The van der Waals surface area contributed by atoms with E-state index in [1.165, 1.54) is 12.3 Å². The molecule has 1 aliphatic heterocycles. The van der Waals surface area contributed by atoms with Crippen molar-refractivity contribution in [2.75, 3.05) is 50.6 Å². The molecular formula is C24H27N5O5. The van der Waals surface area contributed by atoms with Crippen LogP contribution in [0.15, 0.2) is 48.8 Å². The van der Waals surface area contributed by atoms with Crippen LogP contribution in [0.4, 0.5) is 17.1 Å². The second kappa shape index (κ2) is 9.92. The number of anilines is 2. The number of fused-ring (bicyclic) bond motifs is 1. The van der Waals surface area contributed by atoms with Crippen LogP contribution in [-0.2, 0) is 4.79 Å². The molecule has 1 aliphatic rings. The maximum atomic E-state index is 12.9. The van der Waals surface area contributed by atoms with E-state index in [-0.39, 0.29) is 22.6 Å². The number of rotatable bonds is 7. The predicted octanol–water partition coefficient (Wildman–Crippen LogP) is 3.31. The van der Waals surface area contributed by atoms with Gasteiger partial charge in [-0.2, -0.15) is 0 Å². The molecule has 0 radical (unpaired) electrons. The largest absolute Gasteiger partial charge is 0.493 e. The average Bonchev–Trinajstić information content (AvgIpc) is 2.87. The van der Waals surface area contributed by atoms with E-state index in [1.807, 2.05) is 13.0 Å². The first-order valence-electron chi connectivity index (χ1n) is 11.0. The van der Waals surface area contributed by atoms with Crippen molar-refractivity contribution in [1.29, 1.82) is 0 Å². The lowest BCUT2D eigenvalue weighted by atomic mass is 10.1. The van der Waals surface area contributed by atoms with E-state index in [0.717, 1.165) is 11.1 Å². The van der Waals surface area contributed by atoms with Crippen LogP contribution in [-0.4, -0.2) is 67.2 Å². The number of ether oxygens (including phenoxy) is 2. The summed E-state index contributed by atoms with van der Waals surface area (Å²) in [6.45, 7) is 4.65. The van der Waals surface area contributed by atoms with Crippen LogP contribution < -0.4 is 19.7 Å². The molecule has 2 aromatic carbocycles. The molecule has 1 aromatic heterocycles. The van der Waals surface area contributed by atoms with E-state index in [2.05, 4.69) is 20.1 Å². The molecule has 34 heavy (non-hydrogen) atoms. The van der Waals surface area contributed by atoms with E-state index >= 15 is 0 Å². The smallest absolute Gasteiger partial charge is 0.278 e. The van der Waals surface area contributed by atoms with Crippen molar-refractivity contribution < 1.29 is 19.2 Å². The summed E-state index contributed by atoms with van der Waals surface area (Å²) < 4.78 is 10.5. The molecule has 3 aromatic rings. The molecule has 0 spiro atoms. The molecule has 1 saturated heterocycles. The van der Waals surface area contributed by atoms with Gasteiger partial charge in [-0.1, -0.05) is 0 Å². The molecule has 0 saturated carbocycles. The Morgan fingerprint density at radius 2 is 1.79 bits per heavy atom. The van der Waals surface area contributed by atoms with Crippen molar-refractivity contribution in [3.05, 3.63) is 58.9 Å². The van der Waals surface area contributed by atoms with Gasteiger partial charge in [-0.05, 0) is 31.2 Å². The number of aromatic nitrogens is 1. The second-order valence-electron chi connectivity index (χ2n) is 8.04. The number of carbonyl (C=O) groups is 1. The van der Waals surface area contributed by atoms with E-state index in [1.54, 1.807) is 44.7 Å². The Hall–Kier alpha value is -3.92. The van der Waals surface area contributed by atoms with Gasteiger partial charge in [0.1, 0.15) is 0 Å². The number of nitro benzene ring substituents is 1. The predicted molar refractivity (Wildman–Crippen MR) is 130 cm³/mol. The van der Waals surface area contributed by atoms with Crippen molar-refractivity contribution in [2.45, 2.75) is 13.0 Å². The number of hydrogen-bond acceptors (Lipinski definition) is 8. The zero-order valence-electron chi connectivity index (χ0n) is 19.4. The van der Waals surface area contributed by atoms with Crippen molar-refractivity contribution >= 4 is 33.7 Å². The highest BCUT2D eigenvalue weighted by molar-refractivity contribution is 5.99. The van der Waals surface area contributed by atoms with Crippen LogP contribution >= 0.6 is 0 Å². The molecule has 1 atom stereocenters. The fourth-order valence-corrected chi connectivity index (χ4v) is 4.27. The number of nitrogens with zero attached hydrogens (tertiary/aromatic N) is 4. The number of nitrogens with one attached hydrogen (secondary N) is 1. The summed E-state index contributed by atoms with van der Waals surface area (Å²) in [7, 11) is 3.12. The van der Waals surface area contributed by atoms with E-state index < -0.39 is 0 Å². The summed E-state index contributed by atoms with van der Waals surface area (Å²) in [5.41, 5.74) is 1.62. The Morgan fingerprint density at radius 1 is 1.06 bits per heavy atom. The van der Waals surface area contributed by atoms with Crippen LogP contribution in [0.1, 0.15) is 6.92 Å². The molecule has 1 fully saturated rings. The standard InChI is InChI=1S/C24H27N5O5/c1-16(24(30)26-17-4-7-22(33-2)23(14-17)34-3)27-10-12-28(13-11-27)20-5-6-21(29(31)32)19-15-25-9-8-18(19)20/h4-9,14-16H,10-13H2,1-3H3,(H,26,30)/t16-/m1/s1. The molecule has 0 aliphatic carbocycles. The van der Waals surface area contributed by atoms with Crippen LogP contribution in [0, 0.1) is 10.1 Å². The first kappa shape index (κ1) is 23.2. The Labute approximate surface area is 197 Å². The molecule has 178 valence electrons. The zero-order chi connectivity index (χ0) is 24.2. The summed E-state index contributed by atoms with van der Waals surface area (Å²) in [4.78, 5) is 32.3. The van der Waals surface area contributed by atoms with Crippen molar-refractivity contribution in [2.24, 2.45) is 0 Å². The fraction of sp³-hybridized carbons (Fsp3) is 0.333. The molecule has 10 heteroatoms. The third kappa shape index (κ3) is 4.58. The average molecular weight is 466 g/mol. The highest BCUT2D eigenvalue weighted by Gasteiger charge is 2.27. The van der Waals surface area contributed by atoms with Gasteiger partial charge in [0.05, 0.1) is 30.6 Å². The molecule has 0 unspecified atom stereocenters. The molecule has 2 heterocycles. The van der Waals surface area contributed by atoms with Gasteiger partial charge in [-0.25, -0.2) is 0 Å². The van der Waals surface area contributed by atoms with E-state index in [4.69, 9.17) is 9.47 Å². The van der Waals surface area contributed by atoms with E-state index in [9.17, 15) is 14.9 Å². The van der Waals surface area contributed by atoms with Crippen LogP contribution in [0.2, 0.25) is 0 Å². The molecule has 0 bridgehead atoms. The summed E-state index contributed by atoms with van der Waals surface area (Å²) >= 11 is 0. The number of piperazine rings is 1. The Morgan fingerprint density at radius 3 is 2.47 bits per heavy atom. The minimum atomic E-state index is -0.384. The third-order valence-electron chi connectivity index (χ3n) is 6.20. The Bertz CT molecular complexity index is 1210. The summed E-state index contributed by atoms with van der Waals surface area (Å²) in [5.74, 6) is 1.04. The van der Waals surface area contributed by atoms with Gasteiger partial charge in [-0.3, -0.25) is 24.8 Å². The van der Waals surface area contributed by atoms with Crippen LogP contribution in [0.5, 0.6) is 11.5 Å². The van der Waals surface area contributed by atoms with Crippen LogP contribution in [0.3, 0.4) is 0 Å². The second-order valence-corrected chi connectivity index (χ2v) is 8.04. The number of amides is 1. The lowest BCUT2D eigenvalue weighted by Crippen LogP contribution is -2.52. The number of methoxy groups -OCH3 is 2. The zero-order valence-corrected chi connectivity index (χ0v) is 19.4. The minimum Gasteiger partial charge on any atom is -0.493 e. The fourth-order valence-electron chi connectivity index (χ4n) is 4.27. The van der Waals surface area contributed by atoms with Crippen LogP contribution in [0.25, 0.3) is 10.8 Å². The quantitative estimate of drug-likeness (QED) is 0.418. The monoisotopic (exact) mass is 465 g/mol. The van der Waals surface area contributed by atoms with Gasteiger partial charge in [-0.15, -0.1) is 0 Å². The third-order valence-corrected chi connectivity index (χ3v) is 6.20. The molecule has 10 nitrogen and oxygen atoms in total. The topological polar surface area (TPSA) is 110 Å². The lowest BCUT2D eigenvalue weighted by Gasteiger charge is -2.38.